The van der Waals surface area contributed by atoms with E-state index in [9.17, 15) is 10.0 Å². The van der Waals surface area contributed by atoms with Gasteiger partial charge in [0.1, 0.15) is 0 Å². The van der Waals surface area contributed by atoms with Gasteiger partial charge in [0.2, 0.25) is 0 Å². The maximum atomic E-state index is 9.26. The van der Waals surface area contributed by atoms with Gasteiger partial charge in [0.15, 0.2) is 0 Å². The van der Waals surface area contributed by atoms with Crippen molar-refractivity contribution in [2.24, 2.45) is 0 Å². The Morgan fingerprint density at radius 2 is 2.41 bits per heavy atom. The fourth-order valence-electron chi connectivity index (χ4n) is 2.38. The van der Waals surface area contributed by atoms with E-state index in [0.717, 1.165) is 31.0 Å². The summed E-state index contributed by atoms with van der Waals surface area (Å²) in [5.74, 6) is 0. The number of hydrogen-bond donors (Lipinski definition) is 2. The van der Waals surface area contributed by atoms with Crippen molar-refractivity contribution in [2.75, 3.05) is 20.3 Å². The van der Waals surface area contributed by atoms with E-state index in [0.29, 0.717) is 11.5 Å². The van der Waals surface area contributed by atoms with Crippen LogP contribution < -0.4 is 5.46 Å². The monoisotopic (exact) mass is 255 g/mol. The highest BCUT2D eigenvalue weighted by Gasteiger charge is 2.26. The quantitative estimate of drug-likeness (QED) is 0.729. The van der Waals surface area contributed by atoms with E-state index >= 15 is 0 Å². The molecule has 0 radical (unpaired) electrons. The Hall–Kier alpha value is -0.395. The lowest BCUT2D eigenvalue weighted by atomic mass is 9.80. The number of rotatable bonds is 5. The molecule has 0 unspecified atom stereocenters. The zero-order chi connectivity index (χ0) is 12.3. The molecule has 0 aliphatic carbocycles. The van der Waals surface area contributed by atoms with Crippen molar-refractivity contribution in [2.45, 2.75) is 25.4 Å². The summed E-state index contributed by atoms with van der Waals surface area (Å²) in [6.07, 6.45) is 2.35. The molecule has 0 spiro atoms. The van der Waals surface area contributed by atoms with Crippen LogP contribution >= 0.6 is 11.3 Å². The Morgan fingerprint density at radius 1 is 1.59 bits per heavy atom. The molecule has 1 saturated heterocycles. The molecule has 2 heterocycles. The van der Waals surface area contributed by atoms with E-state index in [-0.39, 0.29) is 0 Å². The minimum atomic E-state index is -1.36. The van der Waals surface area contributed by atoms with Gasteiger partial charge < -0.3 is 14.8 Å². The van der Waals surface area contributed by atoms with Crippen molar-refractivity contribution < 1.29 is 14.8 Å². The molecule has 17 heavy (non-hydrogen) atoms. The smallest absolute Gasteiger partial charge is 0.423 e. The summed E-state index contributed by atoms with van der Waals surface area (Å²) in [5, 5.41) is 20.4. The molecule has 94 valence electrons. The van der Waals surface area contributed by atoms with Gasteiger partial charge in [-0.25, -0.2) is 0 Å². The Labute approximate surface area is 106 Å². The number of hydrogen-bond acceptors (Lipinski definition) is 5. The van der Waals surface area contributed by atoms with Crippen LogP contribution in [0.3, 0.4) is 0 Å². The molecule has 0 bridgehead atoms. The van der Waals surface area contributed by atoms with Gasteiger partial charge in [-0.3, -0.25) is 4.90 Å². The zero-order valence-corrected chi connectivity index (χ0v) is 10.8. The third kappa shape index (κ3) is 3.08. The minimum Gasteiger partial charge on any atom is -0.423 e. The van der Waals surface area contributed by atoms with Crippen LogP contribution in [0.4, 0.5) is 0 Å². The third-order valence-corrected chi connectivity index (χ3v) is 4.18. The molecule has 1 aliphatic rings. The number of likely N-dealkylation sites (tertiary alicyclic amines) is 1. The fraction of sp³-hybridized carbons (Fsp3) is 0.636. The summed E-state index contributed by atoms with van der Waals surface area (Å²) in [6.45, 7) is 2.61. The first-order chi connectivity index (χ1) is 8.22. The van der Waals surface area contributed by atoms with E-state index in [1.54, 1.807) is 24.5 Å². The lowest BCUT2D eigenvalue weighted by molar-refractivity contribution is 0.112. The van der Waals surface area contributed by atoms with Gasteiger partial charge in [0.25, 0.3) is 0 Å². The Balaban J connectivity index is 2.02. The van der Waals surface area contributed by atoms with Crippen LogP contribution in [0.5, 0.6) is 0 Å². The highest BCUT2D eigenvalue weighted by atomic mass is 32.1. The van der Waals surface area contributed by atoms with Gasteiger partial charge in [-0.15, -0.1) is 11.3 Å². The second-order valence-corrected chi connectivity index (χ2v) is 5.40. The van der Waals surface area contributed by atoms with Gasteiger partial charge >= 0.3 is 7.12 Å². The maximum absolute atomic E-state index is 9.26. The largest absolute Gasteiger partial charge is 0.489 e. The molecule has 1 aromatic rings. The van der Waals surface area contributed by atoms with Gasteiger partial charge in [-0.2, -0.15) is 0 Å². The molecule has 1 fully saturated rings. The Morgan fingerprint density at radius 3 is 3.12 bits per heavy atom. The van der Waals surface area contributed by atoms with Crippen molar-refractivity contribution in [3.63, 3.8) is 0 Å². The number of ether oxygens (including phenoxy) is 1. The molecule has 0 aromatic carbocycles. The molecule has 1 aromatic heterocycles. The van der Waals surface area contributed by atoms with Crippen LogP contribution in [-0.4, -0.2) is 48.4 Å². The van der Waals surface area contributed by atoms with Gasteiger partial charge in [0, 0.05) is 24.6 Å². The summed E-state index contributed by atoms with van der Waals surface area (Å²) in [7, 11) is 0.365. The molecule has 2 rings (SSSR count). The van der Waals surface area contributed by atoms with E-state index < -0.39 is 7.12 Å². The average molecular weight is 255 g/mol. The van der Waals surface area contributed by atoms with Crippen LogP contribution in [-0.2, 0) is 11.3 Å². The topological polar surface area (TPSA) is 52.9 Å². The summed E-state index contributed by atoms with van der Waals surface area (Å²) in [6, 6.07) is 2.25. The molecule has 1 atom stereocenters. The first-order valence-electron chi connectivity index (χ1n) is 5.87. The summed E-state index contributed by atoms with van der Waals surface area (Å²) < 4.78 is 5.22. The van der Waals surface area contributed by atoms with Crippen LogP contribution in [0.15, 0.2) is 11.4 Å². The van der Waals surface area contributed by atoms with Crippen LogP contribution in [0.2, 0.25) is 0 Å². The van der Waals surface area contributed by atoms with Crippen LogP contribution in [0.25, 0.3) is 0 Å². The molecule has 6 heteroatoms. The predicted octanol–water partition coefficient (Wildman–Crippen LogP) is 0.0387. The van der Waals surface area contributed by atoms with Crippen molar-refractivity contribution in [1.29, 1.82) is 0 Å². The molecule has 1 aliphatic heterocycles. The Kier molecular flexibility index (Phi) is 4.58. The SMILES string of the molecule is COC[C@H]1CCCN1Cc1sccc1B(O)O. The molecule has 4 nitrogen and oxygen atoms in total. The van der Waals surface area contributed by atoms with Gasteiger partial charge in [-0.1, -0.05) is 6.07 Å². The van der Waals surface area contributed by atoms with E-state index in [2.05, 4.69) is 4.90 Å². The summed E-state index contributed by atoms with van der Waals surface area (Å²) >= 11 is 1.58. The summed E-state index contributed by atoms with van der Waals surface area (Å²) in [4.78, 5) is 3.41. The zero-order valence-electron chi connectivity index (χ0n) is 10.0. The van der Waals surface area contributed by atoms with Crippen molar-refractivity contribution >= 4 is 23.9 Å². The lowest BCUT2D eigenvalue weighted by Crippen LogP contribution is -2.37. The van der Waals surface area contributed by atoms with E-state index in [1.807, 2.05) is 5.38 Å². The highest BCUT2D eigenvalue weighted by Crippen LogP contribution is 2.21. The molecule has 2 N–H and O–H groups in total. The fourth-order valence-corrected chi connectivity index (χ4v) is 3.31. The normalized spacial score (nSPS) is 21.0. The molecule has 0 amide bonds. The highest BCUT2D eigenvalue weighted by molar-refractivity contribution is 7.11. The maximum Gasteiger partial charge on any atom is 0.489 e. The van der Waals surface area contributed by atoms with Crippen LogP contribution in [0, 0.1) is 0 Å². The third-order valence-electron chi connectivity index (χ3n) is 3.26. The van der Waals surface area contributed by atoms with Gasteiger partial charge in [0.05, 0.1) is 6.61 Å². The second kappa shape index (κ2) is 5.97. The molecular weight excluding hydrogens is 237 g/mol. The number of thiophene rings is 1. The Bertz CT molecular complexity index is 358. The van der Waals surface area contributed by atoms with E-state index in [1.165, 1.54) is 6.42 Å². The summed E-state index contributed by atoms with van der Waals surface area (Å²) in [5.41, 5.74) is 0.637. The van der Waals surface area contributed by atoms with Crippen molar-refractivity contribution in [3.8, 4) is 0 Å². The first kappa shape index (κ1) is 13.0. The second-order valence-electron chi connectivity index (χ2n) is 4.39. The number of nitrogens with zero attached hydrogens (tertiary/aromatic N) is 1. The predicted molar refractivity (Wildman–Crippen MR) is 69.5 cm³/mol. The first-order valence-corrected chi connectivity index (χ1v) is 6.75. The van der Waals surface area contributed by atoms with Crippen molar-refractivity contribution in [1.82, 2.24) is 4.90 Å². The van der Waals surface area contributed by atoms with Gasteiger partial charge in [-0.05, 0) is 30.2 Å². The molecule has 0 saturated carbocycles. The number of methoxy groups -OCH3 is 1. The van der Waals surface area contributed by atoms with Crippen molar-refractivity contribution in [3.05, 3.63) is 16.3 Å². The standard InChI is InChI=1S/C11H18BNO3S/c1-16-8-9-3-2-5-13(9)7-11-10(12(14)15)4-6-17-11/h4,6,9,14-15H,2-3,5,7-8H2,1H3/t9-/m1/s1. The minimum absolute atomic E-state index is 0.464. The van der Waals surface area contributed by atoms with Crippen LogP contribution in [0.1, 0.15) is 17.7 Å². The molecular formula is C11H18BNO3S. The van der Waals surface area contributed by atoms with E-state index in [4.69, 9.17) is 4.74 Å². The lowest BCUT2D eigenvalue weighted by Gasteiger charge is -2.23. The average Bonchev–Trinajstić information content (AvgIpc) is 2.89.